The summed E-state index contributed by atoms with van der Waals surface area (Å²) in [5.41, 5.74) is 0.814. The third-order valence-corrected chi connectivity index (χ3v) is 3.84. The maximum Gasteiger partial charge on any atom is 0.326 e. The number of para-hydroxylation sites is 1. The number of amides is 2. The van der Waals surface area contributed by atoms with Gasteiger partial charge in [-0.3, -0.25) is 9.59 Å². The van der Waals surface area contributed by atoms with E-state index in [1.807, 2.05) is 30.3 Å². The van der Waals surface area contributed by atoms with Crippen molar-refractivity contribution in [1.29, 1.82) is 0 Å². The summed E-state index contributed by atoms with van der Waals surface area (Å²) in [6.45, 7) is 0. The second-order valence-electron chi connectivity index (χ2n) is 4.30. The molecule has 1 atom stereocenters. The van der Waals surface area contributed by atoms with Gasteiger partial charge in [-0.15, -0.1) is 0 Å². The zero-order valence-electron chi connectivity index (χ0n) is 11.7. The van der Waals surface area contributed by atoms with Crippen LogP contribution in [0, 0.1) is 0 Å². The molecule has 0 aliphatic rings. The SMILES string of the molecule is CN(C(=O)CSCCC(NC=O)C(=O)O)c1ccccc1. The van der Waals surface area contributed by atoms with Crippen molar-refractivity contribution in [2.24, 2.45) is 0 Å². The van der Waals surface area contributed by atoms with E-state index < -0.39 is 12.0 Å². The van der Waals surface area contributed by atoms with Gasteiger partial charge in [-0.25, -0.2) is 4.79 Å². The molecule has 0 aliphatic heterocycles. The van der Waals surface area contributed by atoms with E-state index in [1.165, 1.54) is 11.8 Å². The van der Waals surface area contributed by atoms with Crippen molar-refractivity contribution < 1.29 is 19.5 Å². The molecular weight excluding hydrogens is 292 g/mol. The molecule has 0 saturated heterocycles. The van der Waals surface area contributed by atoms with E-state index in [-0.39, 0.29) is 18.1 Å². The lowest BCUT2D eigenvalue weighted by Gasteiger charge is -2.17. The van der Waals surface area contributed by atoms with Crippen LogP contribution < -0.4 is 10.2 Å². The molecule has 0 heterocycles. The lowest BCUT2D eigenvalue weighted by molar-refractivity contribution is -0.140. The predicted octanol–water partition coefficient (Wildman–Crippen LogP) is 0.972. The maximum atomic E-state index is 12.0. The van der Waals surface area contributed by atoms with E-state index in [9.17, 15) is 14.4 Å². The number of anilines is 1. The van der Waals surface area contributed by atoms with Crippen molar-refractivity contribution >= 4 is 35.7 Å². The highest BCUT2D eigenvalue weighted by Crippen LogP contribution is 2.13. The number of hydrogen-bond donors (Lipinski definition) is 2. The van der Waals surface area contributed by atoms with E-state index in [0.29, 0.717) is 12.2 Å². The van der Waals surface area contributed by atoms with Crippen molar-refractivity contribution in [3.05, 3.63) is 30.3 Å². The number of carbonyl (C=O) groups is 3. The van der Waals surface area contributed by atoms with E-state index in [1.54, 1.807) is 11.9 Å². The first-order valence-corrected chi connectivity index (χ1v) is 7.53. The molecule has 1 unspecified atom stereocenters. The summed E-state index contributed by atoms with van der Waals surface area (Å²) in [5.74, 6) is -0.387. The van der Waals surface area contributed by atoms with Gasteiger partial charge in [0.25, 0.3) is 0 Å². The molecular formula is C14H18N2O4S. The van der Waals surface area contributed by atoms with E-state index in [0.717, 1.165) is 5.69 Å². The summed E-state index contributed by atoms with van der Waals surface area (Å²) in [4.78, 5) is 34.6. The van der Waals surface area contributed by atoms with Gasteiger partial charge in [0.1, 0.15) is 6.04 Å². The molecule has 0 saturated carbocycles. The fourth-order valence-electron chi connectivity index (χ4n) is 1.61. The summed E-state index contributed by atoms with van der Waals surface area (Å²) < 4.78 is 0. The van der Waals surface area contributed by atoms with E-state index in [2.05, 4.69) is 5.32 Å². The highest BCUT2D eigenvalue weighted by Gasteiger charge is 2.16. The zero-order valence-corrected chi connectivity index (χ0v) is 12.5. The molecule has 1 aromatic carbocycles. The first-order chi connectivity index (χ1) is 10.1. The van der Waals surface area contributed by atoms with Crippen LogP contribution in [0.25, 0.3) is 0 Å². The van der Waals surface area contributed by atoms with Gasteiger partial charge in [-0.2, -0.15) is 11.8 Å². The fraction of sp³-hybridized carbons (Fsp3) is 0.357. The average Bonchev–Trinajstić information content (AvgIpc) is 2.50. The Bertz CT molecular complexity index is 481. The quantitative estimate of drug-likeness (QED) is 0.524. The molecule has 0 fully saturated rings. The van der Waals surface area contributed by atoms with Crippen LogP contribution in [0.3, 0.4) is 0 Å². The number of hydrogen-bond acceptors (Lipinski definition) is 4. The second-order valence-corrected chi connectivity index (χ2v) is 5.41. The number of carboxylic acid groups (broad SMARTS) is 1. The molecule has 0 aromatic heterocycles. The summed E-state index contributed by atoms with van der Waals surface area (Å²) in [6, 6.07) is 8.37. The Balaban J connectivity index is 2.33. The Labute approximate surface area is 127 Å². The number of nitrogens with one attached hydrogen (secondary N) is 1. The number of benzene rings is 1. The topological polar surface area (TPSA) is 86.7 Å². The normalized spacial score (nSPS) is 11.5. The molecule has 6 nitrogen and oxygen atoms in total. The molecule has 1 rings (SSSR count). The number of carbonyl (C=O) groups excluding carboxylic acids is 2. The lowest BCUT2D eigenvalue weighted by Crippen LogP contribution is -2.36. The second kappa shape index (κ2) is 9.02. The van der Waals surface area contributed by atoms with Gasteiger partial charge in [0.05, 0.1) is 5.75 Å². The van der Waals surface area contributed by atoms with Gasteiger partial charge >= 0.3 is 5.97 Å². The van der Waals surface area contributed by atoms with Crippen molar-refractivity contribution in [2.75, 3.05) is 23.5 Å². The number of carboxylic acids is 1. The van der Waals surface area contributed by atoms with Gasteiger partial charge in [0.2, 0.25) is 12.3 Å². The van der Waals surface area contributed by atoms with Crippen LogP contribution in [0.15, 0.2) is 30.3 Å². The van der Waals surface area contributed by atoms with Gasteiger partial charge in [0, 0.05) is 12.7 Å². The summed E-state index contributed by atoms with van der Waals surface area (Å²) in [7, 11) is 1.70. The molecule has 2 N–H and O–H groups in total. The van der Waals surface area contributed by atoms with Crippen molar-refractivity contribution in [3.63, 3.8) is 0 Å². The van der Waals surface area contributed by atoms with E-state index in [4.69, 9.17) is 5.11 Å². The van der Waals surface area contributed by atoms with Crippen LogP contribution in [-0.2, 0) is 14.4 Å². The Kier molecular flexibility index (Phi) is 7.31. The Hall–Kier alpha value is -2.02. The number of rotatable bonds is 9. The van der Waals surface area contributed by atoms with Gasteiger partial charge in [0.15, 0.2) is 0 Å². The fourth-order valence-corrected chi connectivity index (χ4v) is 2.53. The summed E-state index contributed by atoms with van der Waals surface area (Å²) in [5, 5.41) is 11.1. The molecule has 7 heteroatoms. The maximum absolute atomic E-state index is 12.0. The highest BCUT2D eigenvalue weighted by molar-refractivity contribution is 7.99. The van der Waals surface area contributed by atoms with Crippen LogP contribution in [0.2, 0.25) is 0 Å². The van der Waals surface area contributed by atoms with Gasteiger partial charge in [-0.1, -0.05) is 18.2 Å². The minimum atomic E-state index is -1.07. The van der Waals surface area contributed by atoms with Gasteiger partial charge < -0.3 is 15.3 Å². The standard InChI is InChI=1S/C14H18N2O4S/c1-16(11-5-3-2-4-6-11)13(18)9-21-8-7-12(14(19)20)15-10-17/h2-6,10,12H,7-9H2,1H3,(H,15,17)(H,19,20). The first-order valence-electron chi connectivity index (χ1n) is 6.38. The van der Waals surface area contributed by atoms with Crippen LogP contribution in [0.4, 0.5) is 5.69 Å². The minimum absolute atomic E-state index is 0.0542. The summed E-state index contributed by atoms with van der Waals surface area (Å²) >= 11 is 1.35. The molecule has 0 bridgehead atoms. The monoisotopic (exact) mass is 310 g/mol. The molecule has 114 valence electrons. The molecule has 0 aliphatic carbocycles. The van der Waals surface area contributed by atoms with Crippen LogP contribution >= 0.6 is 11.8 Å². The van der Waals surface area contributed by atoms with Crippen LogP contribution in [-0.4, -0.2) is 48.0 Å². The van der Waals surface area contributed by atoms with E-state index >= 15 is 0 Å². The third kappa shape index (κ3) is 5.86. The van der Waals surface area contributed by atoms with Crippen LogP contribution in [0.5, 0.6) is 0 Å². The minimum Gasteiger partial charge on any atom is -0.480 e. The van der Waals surface area contributed by atoms with Crippen LogP contribution in [0.1, 0.15) is 6.42 Å². The largest absolute Gasteiger partial charge is 0.480 e. The van der Waals surface area contributed by atoms with Crippen molar-refractivity contribution in [3.8, 4) is 0 Å². The molecule has 0 radical (unpaired) electrons. The number of nitrogens with zero attached hydrogens (tertiary/aromatic N) is 1. The lowest BCUT2D eigenvalue weighted by atomic mass is 10.2. The molecule has 2 amide bonds. The number of thioether (sulfide) groups is 1. The Morgan fingerprint density at radius 2 is 2.05 bits per heavy atom. The Morgan fingerprint density at radius 1 is 1.38 bits per heavy atom. The van der Waals surface area contributed by atoms with Crippen molar-refractivity contribution in [2.45, 2.75) is 12.5 Å². The zero-order chi connectivity index (χ0) is 15.7. The first kappa shape index (κ1) is 17.0. The smallest absolute Gasteiger partial charge is 0.326 e. The van der Waals surface area contributed by atoms with Crippen molar-refractivity contribution in [1.82, 2.24) is 5.32 Å². The number of aliphatic carboxylic acids is 1. The molecule has 21 heavy (non-hydrogen) atoms. The third-order valence-electron chi connectivity index (χ3n) is 2.86. The predicted molar refractivity (Wildman–Crippen MR) is 82.4 cm³/mol. The highest BCUT2D eigenvalue weighted by atomic mass is 32.2. The molecule has 0 spiro atoms. The Morgan fingerprint density at radius 3 is 2.62 bits per heavy atom. The average molecular weight is 310 g/mol. The van der Waals surface area contributed by atoms with Gasteiger partial charge in [-0.05, 0) is 24.3 Å². The summed E-state index contributed by atoms with van der Waals surface area (Å²) in [6.07, 6.45) is 0.652. The molecule has 1 aromatic rings.